The van der Waals surface area contributed by atoms with Crippen molar-refractivity contribution in [2.45, 2.75) is 13.3 Å². The Labute approximate surface area is 153 Å². The summed E-state index contributed by atoms with van der Waals surface area (Å²) in [5, 5.41) is 4.33. The molecule has 0 aromatic carbocycles. The van der Waals surface area contributed by atoms with E-state index in [1.165, 1.54) is 9.58 Å². The van der Waals surface area contributed by atoms with Crippen LogP contribution in [0.25, 0.3) is 5.69 Å². The first-order valence-electron chi connectivity index (χ1n) is 7.96. The van der Waals surface area contributed by atoms with Gasteiger partial charge in [-0.3, -0.25) is 14.6 Å². The Morgan fingerprint density at radius 1 is 1.42 bits per heavy atom. The first-order valence-corrected chi connectivity index (χ1v) is 8.34. The first-order chi connectivity index (χ1) is 12.4. The van der Waals surface area contributed by atoms with Crippen molar-refractivity contribution in [2.75, 3.05) is 24.5 Å². The highest BCUT2D eigenvalue weighted by Gasteiger charge is 2.40. The van der Waals surface area contributed by atoms with Crippen molar-refractivity contribution in [3.8, 4) is 5.69 Å². The molecule has 0 saturated carbocycles. The number of anilines is 1. The van der Waals surface area contributed by atoms with Crippen LogP contribution in [0.1, 0.15) is 6.92 Å². The minimum absolute atomic E-state index is 0.0210. The number of hydrogen-bond donors (Lipinski definition) is 0. The summed E-state index contributed by atoms with van der Waals surface area (Å²) >= 11 is 6.19. The molecule has 26 heavy (non-hydrogen) atoms. The molecule has 0 unspecified atom stereocenters. The minimum Gasteiger partial charge on any atom is -0.336 e. The highest BCUT2D eigenvalue weighted by Crippen LogP contribution is 2.29. The number of carbonyl (C=O) groups is 2. The van der Waals surface area contributed by atoms with Gasteiger partial charge in [0, 0.05) is 25.8 Å². The van der Waals surface area contributed by atoms with Gasteiger partial charge in [-0.1, -0.05) is 11.6 Å². The average Bonchev–Trinajstić information content (AvgIpc) is 2.96. The van der Waals surface area contributed by atoms with Crippen LogP contribution in [0.4, 0.5) is 14.5 Å². The second-order valence-corrected chi connectivity index (χ2v) is 6.14. The van der Waals surface area contributed by atoms with Crippen molar-refractivity contribution in [3.05, 3.63) is 35.9 Å². The fourth-order valence-corrected chi connectivity index (χ4v) is 3.00. The van der Waals surface area contributed by atoms with Gasteiger partial charge in [0.25, 0.3) is 5.91 Å². The van der Waals surface area contributed by atoms with Crippen LogP contribution in [0, 0.1) is 5.92 Å². The van der Waals surface area contributed by atoms with Crippen LogP contribution in [0.2, 0.25) is 5.15 Å². The molecule has 3 heterocycles. The predicted molar refractivity (Wildman–Crippen MR) is 90.5 cm³/mol. The standard InChI is InChI=1S/C16H16ClF2N5O2/c1-2-23(15(25)10-7-22(8-10)16(26)14(18)19)12-9-24(21-13(12)17)11-4-3-5-20-6-11/h3-6,9-10,14H,2,7-8H2,1H3. The molecule has 2 aromatic heterocycles. The molecule has 1 saturated heterocycles. The van der Waals surface area contributed by atoms with Crippen LogP contribution in [0.3, 0.4) is 0 Å². The Morgan fingerprint density at radius 3 is 2.73 bits per heavy atom. The topological polar surface area (TPSA) is 71.3 Å². The van der Waals surface area contributed by atoms with Crippen molar-refractivity contribution in [1.82, 2.24) is 19.7 Å². The van der Waals surface area contributed by atoms with E-state index in [9.17, 15) is 18.4 Å². The summed E-state index contributed by atoms with van der Waals surface area (Å²) in [6, 6.07) is 3.54. The van der Waals surface area contributed by atoms with Crippen molar-refractivity contribution < 1.29 is 18.4 Å². The molecule has 0 radical (unpaired) electrons. The molecule has 1 aliphatic rings. The number of aromatic nitrogens is 3. The van der Waals surface area contributed by atoms with E-state index in [-0.39, 0.29) is 24.1 Å². The fourth-order valence-electron chi connectivity index (χ4n) is 2.76. The normalized spacial score (nSPS) is 14.4. The van der Waals surface area contributed by atoms with Gasteiger partial charge < -0.3 is 9.80 Å². The third-order valence-electron chi connectivity index (χ3n) is 4.16. The average molecular weight is 384 g/mol. The lowest BCUT2D eigenvalue weighted by molar-refractivity contribution is -0.151. The summed E-state index contributed by atoms with van der Waals surface area (Å²) in [5.74, 6) is -2.06. The summed E-state index contributed by atoms with van der Waals surface area (Å²) in [7, 11) is 0. The monoisotopic (exact) mass is 383 g/mol. The number of nitrogens with zero attached hydrogens (tertiary/aromatic N) is 5. The number of alkyl halides is 2. The van der Waals surface area contributed by atoms with Gasteiger partial charge in [0.1, 0.15) is 5.69 Å². The van der Waals surface area contributed by atoms with Gasteiger partial charge in [-0.25, -0.2) is 4.68 Å². The SMILES string of the molecule is CCN(C(=O)C1CN(C(=O)C(F)F)C1)c1cn(-c2cccnc2)nc1Cl. The second-order valence-electron chi connectivity index (χ2n) is 5.78. The molecule has 138 valence electrons. The second kappa shape index (κ2) is 7.36. The molecule has 10 heteroatoms. The van der Waals surface area contributed by atoms with Gasteiger partial charge in [-0.2, -0.15) is 13.9 Å². The van der Waals surface area contributed by atoms with Crippen LogP contribution in [0.5, 0.6) is 0 Å². The van der Waals surface area contributed by atoms with Gasteiger partial charge in [0.2, 0.25) is 5.91 Å². The van der Waals surface area contributed by atoms with E-state index >= 15 is 0 Å². The maximum absolute atomic E-state index is 12.7. The number of halogens is 3. The predicted octanol–water partition coefficient (Wildman–Crippen LogP) is 2.00. The summed E-state index contributed by atoms with van der Waals surface area (Å²) < 4.78 is 26.3. The molecular formula is C16H16ClF2N5O2. The molecule has 2 amide bonds. The first kappa shape index (κ1) is 18.2. The van der Waals surface area contributed by atoms with Crippen LogP contribution in [-0.4, -0.2) is 57.5 Å². The largest absolute Gasteiger partial charge is 0.336 e. The van der Waals surface area contributed by atoms with Crippen molar-refractivity contribution in [1.29, 1.82) is 0 Å². The van der Waals surface area contributed by atoms with E-state index in [1.54, 1.807) is 37.6 Å². The Hall–Kier alpha value is -2.55. The van der Waals surface area contributed by atoms with E-state index in [4.69, 9.17) is 11.6 Å². The van der Waals surface area contributed by atoms with E-state index in [0.717, 1.165) is 4.90 Å². The molecular weight excluding hydrogens is 368 g/mol. The maximum atomic E-state index is 12.7. The highest BCUT2D eigenvalue weighted by atomic mass is 35.5. The zero-order chi connectivity index (χ0) is 18.8. The van der Waals surface area contributed by atoms with Crippen molar-refractivity contribution in [2.24, 2.45) is 5.92 Å². The van der Waals surface area contributed by atoms with E-state index in [0.29, 0.717) is 17.9 Å². The number of amides is 2. The molecule has 7 nitrogen and oxygen atoms in total. The zero-order valence-corrected chi connectivity index (χ0v) is 14.6. The van der Waals surface area contributed by atoms with Crippen molar-refractivity contribution in [3.63, 3.8) is 0 Å². The number of hydrogen-bond acceptors (Lipinski definition) is 4. The van der Waals surface area contributed by atoms with E-state index < -0.39 is 18.3 Å². The molecule has 0 atom stereocenters. The molecule has 0 spiro atoms. The van der Waals surface area contributed by atoms with Gasteiger partial charge in [0.05, 0.1) is 24.0 Å². The molecule has 1 fully saturated rings. The molecule has 1 aliphatic heterocycles. The van der Waals surface area contributed by atoms with Crippen LogP contribution in [-0.2, 0) is 9.59 Å². The number of likely N-dealkylation sites (tertiary alicyclic amines) is 1. The smallest absolute Gasteiger partial charge is 0.315 e. The lowest BCUT2D eigenvalue weighted by Gasteiger charge is -2.40. The third kappa shape index (κ3) is 3.39. The Morgan fingerprint density at radius 2 is 2.15 bits per heavy atom. The molecule has 0 N–H and O–H groups in total. The number of carbonyl (C=O) groups excluding carboxylic acids is 2. The maximum Gasteiger partial charge on any atom is 0.315 e. The lowest BCUT2D eigenvalue weighted by atomic mass is 9.98. The third-order valence-corrected chi connectivity index (χ3v) is 4.43. The molecule has 3 rings (SSSR count). The Balaban J connectivity index is 1.75. The lowest BCUT2D eigenvalue weighted by Crippen LogP contribution is -2.57. The molecule has 0 aliphatic carbocycles. The number of pyridine rings is 1. The molecule has 0 bridgehead atoms. The summed E-state index contributed by atoms with van der Waals surface area (Å²) in [4.78, 5) is 30.3. The summed E-state index contributed by atoms with van der Waals surface area (Å²) in [6.07, 6.45) is 1.79. The van der Waals surface area contributed by atoms with Gasteiger partial charge in [-0.05, 0) is 19.1 Å². The Kier molecular flexibility index (Phi) is 5.17. The zero-order valence-electron chi connectivity index (χ0n) is 13.8. The highest BCUT2D eigenvalue weighted by molar-refractivity contribution is 6.32. The fraction of sp³-hybridized carbons (Fsp3) is 0.375. The van der Waals surface area contributed by atoms with Crippen LogP contribution >= 0.6 is 11.6 Å². The van der Waals surface area contributed by atoms with E-state index in [1.807, 2.05) is 0 Å². The minimum atomic E-state index is -3.06. The summed E-state index contributed by atoms with van der Waals surface area (Å²) in [6.45, 7) is 2.06. The van der Waals surface area contributed by atoms with Crippen LogP contribution in [0.15, 0.2) is 30.7 Å². The molecule has 2 aromatic rings. The Bertz CT molecular complexity index is 808. The van der Waals surface area contributed by atoms with Gasteiger partial charge in [-0.15, -0.1) is 0 Å². The van der Waals surface area contributed by atoms with Crippen molar-refractivity contribution >= 4 is 29.1 Å². The number of rotatable bonds is 5. The summed E-state index contributed by atoms with van der Waals surface area (Å²) in [5.41, 5.74) is 1.10. The van der Waals surface area contributed by atoms with E-state index in [2.05, 4.69) is 10.1 Å². The van der Waals surface area contributed by atoms with Crippen LogP contribution < -0.4 is 4.90 Å². The quantitative estimate of drug-likeness (QED) is 0.791. The van der Waals surface area contributed by atoms with Gasteiger partial charge >= 0.3 is 6.43 Å². The van der Waals surface area contributed by atoms with Gasteiger partial charge in [0.15, 0.2) is 5.15 Å².